The van der Waals surface area contributed by atoms with Crippen molar-refractivity contribution in [3.05, 3.63) is 30.1 Å². The smallest absolute Gasteiger partial charge is 0.158 e. The Kier molecular flexibility index (Phi) is 2.48. The lowest BCUT2D eigenvalue weighted by Gasteiger charge is -2.07. The largest absolute Gasteiger partial charge is 0.387 e. The van der Waals surface area contributed by atoms with Crippen LogP contribution >= 0.6 is 0 Å². The van der Waals surface area contributed by atoms with Crippen molar-refractivity contribution in [1.82, 2.24) is 4.98 Å². The van der Waals surface area contributed by atoms with E-state index in [2.05, 4.69) is 24.0 Å². The highest BCUT2D eigenvalue weighted by atomic mass is 16.6. The summed E-state index contributed by atoms with van der Waals surface area (Å²) in [5.41, 5.74) is 2.30. The molecule has 0 fully saturated rings. The quantitative estimate of drug-likeness (QED) is 0.718. The standard InChI is InChI=1S/C11H14N2O/c1-8(2)10-7-11(14-13-10)9-3-5-12-6-4-9/h3-6,8,11H,7H2,1-2H3. The predicted molar refractivity (Wildman–Crippen MR) is 55.0 cm³/mol. The van der Waals surface area contributed by atoms with Gasteiger partial charge in [0, 0.05) is 18.8 Å². The molecule has 3 nitrogen and oxygen atoms in total. The molecule has 0 aliphatic carbocycles. The van der Waals surface area contributed by atoms with Crippen molar-refractivity contribution >= 4 is 5.71 Å². The molecular weight excluding hydrogens is 176 g/mol. The minimum absolute atomic E-state index is 0.0930. The molecule has 0 saturated heterocycles. The van der Waals surface area contributed by atoms with Crippen LogP contribution < -0.4 is 0 Å². The van der Waals surface area contributed by atoms with Gasteiger partial charge in [0.15, 0.2) is 6.10 Å². The molecule has 0 saturated carbocycles. The third kappa shape index (κ3) is 1.76. The molecule has 14 heavy (non-hydrogen) atoms. The summed E-state index contributed by atoms with van der Waals surface area (Å²) in [6, 6.07) is 3.95. The number of pyridine rings is 1. The van der Waals surface area contributed by atoms with E-state index in [1.165, 1.54) is 0 Å². The van der Waals surface area contributed by atoms with Gasteiger partial charge in [0.2, 0.25) is 0 Å². The Hall–Kier alpha value is -1.38. The van der Waals surface area contributed by atoms with Gasteiger partial charge in [-0.15, -0.1) is 0 Å². The van der Waals surface area contributed by atoms with Gasteiger partial charge < -0.3 is 4.84 Å². The highest BCUT2D eigenvalue weighted by Gasteiger charge is 2.23. The minimum Gasteiger partial charge on any atom is -0.387 e. The van der Waals surface area contributed by atoms with Crippen molar-refractivity contribution in [1.29, 1.82) is 0 Å². The first kappa shape index (κ1) is 9.19. The fraction of sp³-hybridized carbons (Fsp3) is 0.455. The Morgan fingerprint density at radius 2 is 2.07 bits per heavy atom. The highest BCUT2D eigenvalue weighted by molar-refractivity contribution is 5.87. The summed E-state index contributed by atoms with van der Waals surface area (Å²) in [6.45, 7) is 4.27. The maximum Gasteiger partial charge on any atom is 0.158 e. The van der Waals surface area contributed by atoms with Crippen LogP contribution in [0, 0.1) is 5.92 Å². The zero-order valence-corrected chi connectivity index (χ0v) is 8.47. The third-order valence-corrected chi connectivity index (χ3v) is 2.44. The van der Waals surface area contributed by atoms with E-state index in [1.54, 1.807) is 12.4 Å². The van der Waals surface area contributed by atoms with Crippen molar-refractivity contribution in [3.63, 3.8) is 0 Å². The van der Waals surface area contributed by atoms with Gasteiger partial charge in [-0.25, -0.2) is 0 Å². The Morgan fingerprint density at radius 3 is 2.64 bits per heavy atom. The molecule has 3 heteroatoms. The Labute approximate surface area is 83.8 Å². The molecule has 1 aliphatic heterocycles. The van der Waals surface area contributed by atoms with E-state index < -0.39 is 0 Å². The summed E-state index contributed by atoms with van der Waals surface area (Å²) in [5.74, 6) is 0.474. The Bertz CT molecular complexity index is 332. The van der Waals surface area contributed by atoms with Gasteiger partial charge in [0.25, 0.3) is 0 Å². The van der Waals surface area contributed by atoms with E-state index in [-0.39, 0.29) is 6.10 Å². The fourth-order valence-electron chi connectivity index (χ4n) is 1.49. The lowest BCUT2D eigenvalue weighted by molar-refractivity contribution is 0.0856. The van der Waals surface area contributed by atoms with Crippen LogP contribution in [-0.4, -0.2) is 10.7 Å². The second-order valence-corrected chi connectivity index (χ2v) is 3.82. The van der Waals surface area contributed by atoms with Crippen LogP contribution in [0.2, 0.25) is 0 Å². The molecule has 1 aliphatic rings. The van der Waals surface area contributed by atoms with Crippen molar-refractivity contribution in [3.8, 4) is 0 Å². The summed E-state index contributed by atoms with van der Waals surface area (Å²) in [5, 5.41) is 4.09. The van der Waals surface area contributed by atoms with E-state index >= 15 is 0 Å². The van der Waals surface area contributed by atoms with Crippen molar-refractivity contribution in [2.45, 2.75) is 26.4 Å². The van der Waals surface area contributed by atoms with Gasteiger partial charge in [0.1, 0.15) is 0 Å². The molecule has 74 valence electrons. The lowest BCUT2D eigenvalue weighted by Crippen LogP contribution is -2.06. The van der Waals surface area contributed by atoms with Crippen LogP contribution in [0.3, 0.4) is 0 Å². The highest BCUT2D eigenvalue weighted by Crippen LogP contribution is 2.28. The van der Waals surface area contributed by atoms with Crippen LogP contribution in [0.4, 0.5) is 0 Å². The van der Waals surface area contributed by atoms with Crippen molar-refractivity contribution < 1.29 is 4.84 Å². The average Bonchev–Trinajstić information content (AvgIpc) is 2.68. The maximum atomic E-state index is 5.37. The number of hydrogen-bond donors (Lipinski definition) is 0. The van der Waals surface area contributed by atoms with Gasteiger partial charge in [-0.1, -0.05) is 19.0 Å². The molecule has 0 aromatic carbocycles. The first-order chi connectivity index (χ1) is 6.77. The van der Waals surface area contributed by atoms with Crippen LogP contribution in [0.15, 0.2) is 29.7 Å². The Morgan fingerprint density at radius 1 is 1.36 bits per heavy atom. The fourth-order valence-corrected chi connectivity index (χ4v) is 1.49. The van der Waals surface area contributed by atoms with E-state index in [0.717, 1.165) is 17.7 Å². The van der Waals surface area contributed by atoms with Crippen LogP contribution in [0.1, 0.15) is 31.9 Å². The molecule has 0 N–H and O–H groups in total. The molecule has 1 unspecified atom stereocenters. The second kappa shape index (κ2) is 3.78. The maximum absolute atomic E-state index is 5.37. The SMILES string of the molecule is CC(C)C1=NOC(c2ccncc2)C1. The predicted octanol–water partition coefficient (Wildman–Crippen LogP) is 2.56. The summed E-state index contributed by atoms with van der Waals surface area (Å²) < 4.78 is 0. The lowest BCUT2D eigenvalue weighted by atomic mass is 9.99. The van der Waals surface area contributed by atoms with Gasteiger partial charge in [-0.05, 0) is 23.6 Å². The molecule has 1 atom stereocenters. The number of oxime groups is 1. The number of nitrogens with zero attached hydrogens (tertiary/aromatic N) is 2. The van der Waals surface area contributed by atoms with E-state index in [1.807, 2.05) is 12.1 Å². The molecule has 1 aromatic heterocycles. The summed E-state index contributed by atoms with van der Waals surface area (Å²) in [4.78, 5) is 9.35. The van der Waals surface area contributed by atoms with E-state index in [0.29, 0.717) is 5.92 Å². The molecule has 0 amide bonds. The molecule has 0 radical (unpaired) electrons. The van der Waals surface area contributed by atoms with E-state index in [4.69, 9.17) is 4.84 Å². The van der Waals surface area contributed by atoms with Gasteiger partial charge in [-0.2, -0.15) is 0 Å². The van der Waals surface area contributed by atoms with Gasteiger partial charge in [-0.3, -0.25) is 4.98 Å². The Balaban J connectivity index is 2.06. The zero-order valence-electron chi connectivity index (χ0n) is 8.47. The average molecular weight is 190 g/mol. The topological polar surface area (TPSA) is 34.5 Å². The summed E-state index contributed by atoms with van der Waals surface area (Å²) in [7, 11) is 0. The number of aromatic nitrogens is 1. The molecule has 2 heterocycles. The van der Waals surface area contributed by atoms with Crippen LogP contribution in [0.5, 0.6) is 0 Å². The monoisotopic (exact) mass is 190 g/mol. The number of rotatable bonds is 2. The molecule has 0 spiro atoms. The number of hydrogen-bond acceptors (Lipinski definition) is 3. The minimum atomic E-state index is 0.0930. The summed E-state index contributed by atoms with van der Waals surface area (Å²) >= 11 is 0. The molecular formula is C11H14N2O. The first-order valence-corrected chi connectivity index (χ1v) is 4.90. The third-order valence-electron chi connectivity index (χ3n) is 2.44. The summed E-state index contributed by atoms with van der Waals surface area (Å²) in [6.07, 6.45) is 4.56. The molecule has 0 bridgehead atoms. The van der Waals surface area contributed by atoms with Crippen LogP contribution in [0.25, 0.3) is 0 Å². The van der Waals surface area contributed by atoms with E-state index in [9.17, 15) is 0 Å². The molecule has 1 aromatic rings. The zero-order chi connectivity index (χ0) is 9.97. The van der Waals surface area contributed by atoms with Crippen molar-refractivity contribution in [2.24, 2.45) is 11.1 Å². The van der Waals surface area contributed by atoms with Crippen LogP contribution in [-0.2, 0) is 4.84 Å². The first-order valence-electron chi connectivity index (χ1n) is 4.90. The van der Waals surface area contributed by atoms with Gasteiger partial charge >= 0.3 is 0 Å². The van der Waals surface area contributed by atoms with Gasteiger partial charge in [0.05, 0.1) is 5.71 Å². The second-order valence-electron chi connectivity index (χ2n) is 3.82. The molecule has 2 rings (SSSR count). The normalized spacial score (nSPS) is 20.8. The van der Waals surface area contributed by atoms with Crippen molar-refractivity contribution in [2.75, 3.05) is 0 Å².